The molecule has 1 N–H and O–H groups in total. The molecule has 1 aromatic rings. The second-order valence-electron chi connectivity index (χ2n) is 6.11. The Morgan fingerprint density at radius 3 is 2.76 bits per heavy atom. The van der Waals surface area contributed by atoms with Gasteiger partial charge >= 0.3 is 0 Å². The minimum Gasteiger partial charge on any atom is -0.328 e. The molecule has 112 valence electrons. The van der Waals surface area contributed by atoms with Crippen LogP contribution in [0.25, 0.3) is 0 Å². The van der Waals surface area contributed by atoms with Gasteiger partial charge in [0.25, 0.3) is 5.56 Å². The molecular formula is C17H23N3O. The van der Waals surface area contributed by atoms with E-state index in [9.17, 15) is 4.79 Å². The molecule has 0 saturated heterocycles. The molecule has 1 aromatic heterocycles. The number of pyridine rings is 1. The predicted octanol–water partition coefficient (Wildman–Crippen LogP) is 3.28. The summed E-state index contributed by atoms with van der Waals surface area (Å²) in [6.45, 7) is 3.01. The van der Waals surface area contributed by atoms with E-state index in [1.807, 2.05) is 18.5 Å². The molecular weight excluding hydrogens is 262 g/mol. The highest BCUT2D eigenvalue weighted by Gasteiger charge is 2.22. The Kier molecular flexibility index (Phi) is 4.32. The summed E-state index contributed by atoms with van der Waals surface area (Å²) in [6, 6.07) is 2.01. The standard InChI is InChI=1S/C17H23N3O/c1-2-12-4-6-13(7-5-12)14-10-15(17(21)20-11-14)16-18-8-3-9-19-16/h8,10-13H,2-7,9H2,1H3,(H,20,21). The molecule has 1 aliphatic carbocycles. The molecule has 2 aliphatic rings. The lowest BCUT2D eigenvalue weighted by Crippen LogP contribution is -2.21. The van der Waals surface area contributed by atoms with E-state index < -0.39 is 0 Å². The van der Waals surface area contributed by atoms with Crippen LogP contribution in [0, 0.1) is 5.92 Å². The first kappa shape index (κ1) is 14.2. The number of amidine groups is 1. The van der Waals surface area contributed by atoms with Crippen molar-refractivity contribution in [1.82, 2.24) is 4.98 Å². The molecule has 21 heavy (non-hydrogen) atoms. The van der Waals surface area contributed by atoms with E-state index in [1.165, 1.54) is 37.7 Å². The first-order valence-corrected chi connectivity index (χ1v) is 8.08. The fourth-order valence-corrected chi connectivity index (χ4v) is 3.38. The van der Waals surface area contributed by atoms with Crippen molar-refractivity contribution in [3.05, 3.63) is 33.7 Å². The summed E-state index contributed by atoms with van der Waals surface area (Å²) in [5, 5.41) is 0. The molecule has 0 atom stereocenters. The summed E-state index contributed by atoms with van der Waals surface area (Å²) < 4.78 is 0. The first-order chi connectivity index (χ1) is 10.3. The third-order valence-electron chi connectivity index (χ3n) is 4.80. The van der Waals surface area contributed by atoms with Crippen LogP contribution >= 0.6 is 0 Å². The third kappa shape index (κ3) is 3.14. The van der Waals surface area contributed by atoms with Crippen molar-refractivity contribution in [2.45, 2.75) is 51.4 Å². The Bertz CT molecular complexity index is 607. The average Bonchev–Trinajstić information content (AvgIpc) is 2.56. The summed E-state index contributed by atoms with van der Waals surface area (Å²) in [5.74, 6) is 2.04. The fraction of sp³-hybridized carbons (Fsp3) is 0.588. The van der Waals surface area contributed by atoms with Crippen LogP contribution in [0.4, 0.5) is 0 Å². The molecule has 2 heterocycles. The van der Waals surface area contributed by atoms with E-state index in [4.69, 9.17) is 0 Å². The molecule has 1 saturated carbocycles. The van der Waals surface area contributed by atoms with Crippen molar-refractivity contribution >= 4 is 12.1 Å². The van der Waals surface area contributed by atoms with Gasteiger partial charge in [0.2, 0.25) is 0 Å². The van der Waals surface area contributed by atoms with Crippen LogP contribution in [0.5, 0.6) is 0 Å². The number of hydrogen-bond donors (Lipinski definition) is 1. The lowest BCUT2D eigenvalue weighted by Gasteiger charge is -2.28. The van der Waals surface area contributed by atoms with Gasteiger partial charge in [-0.25, -0.2) is 4.99 Å². The van der Waals surface area contributed by atoms with E-state index in [1.54, 1.807) is 0 Å². The Morgan fingerprint density at radius 2 is 2.10 bits per heavy atom. The van der Waals surface area contributed by atoms with Crippen molar-refractivity contribution in [3.8, 4) is 0 Å². The molecule has 0 radical (unpaired) electrons. The minimum atomic E-state index is -0.0844. The Balaban J connectivity index is 1.83. The van der Waals surface area contributed by atoms with Crippen molar-refractivity contribution in [2.75, 3.05) is 6.54 Å². The molecule has 0 spiro atoms. The number of hydrogen-bond acceptors (Lipinski definition) is 3. The molecule has 1 aliphatic heterocycles. The van der Waals surface area contributed by atoms with Gasteiger partial charge in [0.1, 0.15) is 0 Å². The molecule has 4 heteroatoms. The summed E-state index contributed by atoms with van der Waals surface area (Å²) in [6.07, 6.45) is 10.9. The number of H-pyrrole nitrogens is 1. The zero-order valence-electron chi connectivity index (χ0n) is 12.6. The molecule has 0 bridgehead atoms. The first-order valence-electron chi connectivity index (χ1n) is 8.08. The number of aromatic amines is 1. The van der Waals surface area contributed by atoms with Gasteiger partial charge in [-0.2, -0.15) is 0 Å². The number of rotatable bonds is 3. The average molecular weight is 285 g/mol. The summed E-state index contributed by atoms with van der Waals surface area (Å²) >= 11 is 0. The maximum absolute atomic E-state index is 12.0. The smallest absolute Gasteiger partial charge is 0.259 e. The molecule has 0 aromatic carbocycles. The van der Waals surface area contributed by atoms with Crippen LogP contribution in [0.2, 0.25) is 0 Å². The molecule has 1 fully saturated rings. The van der Waals surface area contributed by atoms with Gasteiger partial charge in [0.15, 0.2) is 5.84 Å². The van der Waals surface area contributed by atoms with Crippen LogP contribution in [-0.4, -0.2) is 23.6 Å². The fourth-order valence-electron chi connectivity index (χ4n) is 3.38. The molecule has 4 nitrogen and oxygen atoms in total. The largest absolute Gasteiger partial charge is 0.328 e. The highest BCUT2D eigenvalue weighted by atomic mass is 16.1. The number of nitrogens with zero attached hydrogens (tertiary/aromatic N) is 2. The maximum atomic E-state index is 12.0. The van der Waals surface area contributed by atoms with E-state index >= 15 is 0 Å². The number of aromatic nitrogens is 1. The zero-order chi connectivity index (χ0) is 14.7. The highest BCUT2D eigenvalue weighted by Crippen LogP contribution is 2.36. The molecule has 3 rings (SSSR count). The summed E-state index contributed by atoms with van der Waals surface area (Å²) in [7, 11) is 0. The number of aliphatic imine (C=N–C) groups is 2. The van der Waals surface area contributed by atoms with Crippen molar-refractivity contribution < 1.29 is 0 Å². The molecule has 0 unspecified atom stereocenters. The van der Waals surface area contributed by atoms with E-state index in [2.05, 4.69) is 21.9 Å². The Labute approximate surface area is 125 Å². The monoisotopic (exact) mass is 285 g/mol. The third-order valence-corrected chi connectivity index (χ3v) is 4.80. The zero-order valence-corrected chi connectivity index (χ0v) is 12.6. The van der Waals surface area contributed by atoms with Crippen molar-refractivity contribution in [2.24, 2.45) is 15.9 Å². The second kappa shape index (κ2) is 6.37. The normalized spacial score (nSPS) is 25.7. The van der Waals surface area contributed by atoms with E-state index in [0.29, 0.717) is 17.3 Å². The minimum absolute atomic E-state index is 0.0844. The second-order valence-corrected chi connectivity index (χ2v) is 6.11. The van der Waals surface area contributed by atoms with E-state index in [0.717, 1.165) is 18.9 Å². The highest BCUT2D eigenvalue weighted by molar-refractivity contribution is 6.03. The maximum Gasteiger partial charge on any atom is 0.259 e. The molecule has 0 amide bonds. The van der Waals surface area contributed by atoms with Crippen LogP contribution in [0.15, 0.2) is 27.0 Å². The van der Waals surface area contributed by atoms with Crippen LogP contribution in [0.1, 0.15) is 62.5 Å². The lowest BCUT2D eigenvalue weighted by molar-refractivity contribution is 0.318. The van der Waals surface area contributed by atoms with Gasteiger partial charge in [-0.15, -0.1) is 0 Å². The SMILES string of the molecule is CCC1CCC(c2c[nH]c(=O)c(C3=NCCC=N3)c2)CC1. The van der Waals surface area contributed by atoms with Crippen molar-refractivity contribution in [1.29, 1.82) is 0 Å². The lowest BCUT2D eigenvalue weighted by atomic mass is 9.78. The van der Waals surface area contributed by atoms with Gasteiger partial charge in [-0.1, -0.05) is 13.3 Å². The Morgan fingerprint density at radius 1 is 1.29 bits per heavy atom. The van der Waals surface area contributed by atoms with Crippen LogP contribution < -0.4 is 5.56 Å². The predicted molar refractivity (Wildman–Crippen MR) is 86.6 cm³/mol. The van der Waals surface area contributed by atoms with Gasteiger partial charge in [0.05, 0.1) is 5.56 Å². The quantitative estimate of drug-likeness (QED) is 0.910. The summed E-state index contributed by atoms with van der Waals surface area (Å²) in [5.41, 5.74) is 1.78. The summed E-state index contributed by atoms with van der Waals surface area (Å²) in [4.78, 5) is 23.6. The van der Waals surface area contributed by atoms with E-state index in [-0.39, 0.29) is 5.56 Å². The topological polar surface area (TPSA) is 57.6 Å². The van der Waals surface area contributed by atoms with Gasteiger partial charge in [0, 0.05) is 25.4 Å². The van der Waals surface area contributed by atoms with Gasteiger partial charge in [-0.3, -0.25) is 9.79 Å². The van der Waals surface area contributed by atoms with Crippen molar-refractivity contribution in [3.63, 3.8) is 0 Å². The van der Waals surface area contributed by atoms with Crippen LogP contribution in [0.3, 0.4) is 0 Å². The van der Waals surface area contributed by atoms with Gasteiger partial charge in [-0.05, 0) is 49.1 Å². The number of nitrogens with one attached hydrogen (secondary N) is 1. The Hall–Kier alpha value is -1.71. The van der Waals surface area contributed by atoms with Crippen LogP contribution in [-0.2, 0) is 0 Å². The van der Waals surface area contributed by atoms with Gasteiger partial charge < -0.3 is 4.98 Å².